The van der Waals surface area contributed by atoms with Crippen LogP contribution in [0.4, 0.5) is 0 Å². The van der Waals surface area contributed by atoms with E-state index in [0.29, 0.717) is 0 Å². The van der Waals surface area contributed by atoms with E-state index >= 15 is 0 Å². The molecule has 1 heteroatoms. The third kappa shape index (κ3) is 6.19. The van der Waals surface area contributed by atoms with Crippen molar-refractivity contribution in [2.24, 2.45) is 11.8 Å². The SMILES string of the molecule is CCCCCC(C)CCC1CCNCC1. The lowest BCUT2D eigenvalue weighted by Gasteiger charge is -2.23. The van der Waals surface area contributed by atoms with Gasteiger partial charge in [0.2, 0.25) is 0 Å². The molecule has 1 atom stereocenters. The van der Waals surface area contributed by atoms with Gasteiger partial charge in [-0.05, 0) is 37.8 Å². The van der Waals surface area contributed by atoms with E-state index in [9.17, 15) is 0 Å². The molecule has 0 aromatic carbocycles. The molecule has 0 bridgehead atoms. The molecule has 90 valence electrons. The van der Waals surface area contributed by atoms with Gasteiger partial charge >= 0.3 is 0 Å². The molecule has 0 radical (unpaired) electrons. The normalized spacial score (nSPS) is 20.4. The molecule has 0 amide bonds. The second-order valence-electron chi connectivity index (χ2n) is 5.37. The molecule has 1 nitrogen and oxygen atoms in total. The molecule has 0 saturated carbocycles. The van der Waals surface area contributed by atoms with Crippen LogP contribution in [0.5, 0.6) is 0 Å². The maximum absolute atomic E-state index is 3.44. The highest BCUT2D eigenvalue weighted by molar-refractivity contribution is 4.69. The zero-order valence-electron chi connectivity index (χ0n) is 10.7. The minimum atomic E-state index is 0.964. The third-order valence-corrected chi connectivity index (χ3v) is 3.83. The van der Waals surface area contributed by atoms with Crippen LogP contribution in [0.2, 0.25) is 0 Å². The van der Waals surface area contributed by atoms with Gasteiger partial charge in [-0.25, -0.2) is 0 Å². The lowest BCUT2D eigenvalue weighted by atomic mass is 9.88. The van der Waals surface area contributed by atoms with Crippen molar-refractivity contribution in [1.82, 2.24) is 5.32 Å². The largest absolute Gasteiger partial charge is 0.317 e. The minimum absolute atomic E-state index is 0.964. The topological polar surface area (TPSA) is 12.0 Å². The van der Waals surface area contributed by atoms with Crippen molar-refractivity contribution in [2.45, 2.75) is 65.2 Å². The highest BCUT2D eigenvalue weighted by Crippen LogP contribution is 2.23. The minimum Gasteiger partial charge on any atom is -0.317 e. The molecule has 1 aliphatic rings. The number of piperidine rings is 1. The molecule has 0 aromatic heterocycles. The first-order valence-electron chi connectivity index (χ1n) is 7.03. The predicted octanol–water partition coefficient (Wildman–Crippen LogP) is 3.98. The highest BCUT2D eigenvalue weighted by atomic mass is 14.9. The van der Waals surface area contributed by atoms with E-state index in [4.69, 9.17) is 0 Å². The maximum atomic E-state index is 3.44. The Morgan fingerprint density at radius 3 is 2.53 bits per heavy atom. The lowest BCUT2D eigenvalue weighted by Crippen LogP contribution is -2.27. The standard InChI is InChI=1S/C14H29N/c1-3-4-5-6-13(2)7-8-14-9-11-15-12-10-14/h13-15H,3-12H2,1-2H3. The molecule has 1 fully saturated rings. The van der Waals surface area contributed by atoms with E-state index in [1.165, 1.54) is 64.5 Å². The van der Waals surface area contributed by atoms with E-state index in [1.807, 2.05) is 0 Å². The quantitative estimate of drug-likeness (QED) is 0.628. The molecule has 1 rings (SSSR count). The van der Waals surface area contributed by atoms with E-state index in [2.05, 4.69) is 19.2 Å². The Morgan fingerprint density at radius 1 is 1.13 bits per heavy atom. The van der Waals surface area contributed by atoms with E-state index in [1.54, 1.807) is 0 Å². The Hall–Kier alpha value is -0.0400. The smallest absolute Gasteiger partial charge is 0.00463 e. The Balaban J connectivity index is 1.97. The Labute approximate surface area is 96.0 Å². The summed E-state index contributed by atoms with van der Waals surface area (Å²) in [5.74, 6) is 1.99. The predicted molar refractivity (Wildman–Crippen MR) is 68.1 cm³/mol. The van der Waals surface area contributed by atoms with Crippen molar-refractivity contribution in [3.05, 3.63) is 0 Å². The number of unbranched alkanes of at least 4 members (excludes halogenated alkanes) is 2. The van der Waals surface area contributed by atoms with Crippen molar-refractivity contribution in [2.75, 3.05) is 13.1 Å². The first kappa shape index (κ1) is 13.0. The zero-order valence-corrected chi connectivity index (χ0v) is 10.7. The fraction of sp³-hybridized carbons (Fsp3) is 1.00. The summed E-state index contributed by atoms with van der Waals surface area (Å²) in [5, 5.41) is 3.44. The van der Waals surface area contributed by atoms with Crippen LogP contribution in [0.1, 0.15) is 65.2 Å². The van der Waals surface area contributed by atoms with E-state index < -0.39 is 0 Å². The lowest BCUT2D eigenvalue weighted by molar-refractivity contribution is 0.317. The average molecular weight is 211 g/mol. The van der Waals surface area contributed by atoms with Gasteiger partial charge in [0.25, 0.3) is 0 Å². The number of hydrogen-bond acceptors (Lipinski definition) is 1. The molecule has 0 aliphatic carbocycles. The summed E-state index contributed by atoms with van der Waals surface area (Å²) in [4.78, 5) is 0. The molecule has 1 aliphatic heterocycles. The second kappa shape index (κ2) is 8.15. The average Bonchev–Trinajstić information content (AvgIpc) is 2.28. The third-order valence-electron chi connectivity index (χ3n) is 3.83. The van der Waals surface area contributed by atoms with E-state index in [-0.39, 0.29) is 0 Å². The second-order valence-corrected chi connectivity index (χ2v) is 5.37. The van der Waals surface area contributed by atoms with Gasteiger partial charge in [-0.15, -0.1) is 0 Å². The summed E-state index contributed by atoms with van der Waals surface area (Å²) >= 11 is 0. The zero-order chi connectivity index (χ0) is 10.9. The van der Waals surface area contributed by atoms with Gasteiger partial charge < -0.3 is 5.32 Å². The van der Waals surface area contributed by atoms with Crippen LogP contribution < -0.4 is 5.32 Å². The van der Waals surface area contributed by atoms with Crippen molar-refractivity contribution >= 4 is 0 Å². The first-order chi connectivity index (χ1) is 7.33. The van der Waals surface area contributed by atoms with Gasteiger partial charge in [0.05, 0.1) is 0 Å². The summed E-state index contributed by atoms with van der Waals surface area (Å²) in [6, 6.07) is 0. The van der Waals surface area contributed by atoms with Crippen LogP contribution in [-0.2, 0) is 0 Å². The molecule has 0 spiro atoms. The van der Waals surface area contributed by atoms with Crippen molar-refractivity contribution < 1.29 is 0 Å². The van der Waals surface area contributed by atoms with Crippen molar-refractivity contribution in [3.63, 3.8) is 0 Å². The molecule has 1 unspecified atom stereocenters. The fourth-order valence-electron chi connectivity index (χ4n) is 2.58. The van der Waals surface area contributed by atoms with Crippen LogP contribution in [0.15, 0.2) is 0 Å². The van der Waals surface area contributed by atoms with Gasteiger partial charge in [-0.3, -0.25) is 0 Å². The van der Waals surface area contributed by atoms with E-state index in [0.717, 1.165) is 11.8 Å². The molecule has 0 aromatic rings. The Kier molecular flexibility index (Phi) is 7.08. The monoisotopic (exact) mass is 211 g/mol. The molecular weight excluding hydrogens is 182 g/mol. The molecular formula is C14H29N. The summed E-state index contributed by atoms with van der Waals surface area (Å²) < 4.78 is 0. The van der Waals surface area contributed by atoms with Crippen molar-refractivity contribution in [1.29, 1.82) is 0 Å². The van der Waals surface area contributed by atoms with Crippen LogP contribution in [0, 0.1) is 11.8 Å². The molecule has 1 heterocycles. The van der Waals surface area contributed by atoms with Crippen LogP contribution in [0.25, 0.3) is 0 Å². The highest BCUT2D eigenvalue weighted by Gasteiger charge is 2.13. The van der Waals surface area contributed by atoms with Gasteiger partial charge in [0, 0.05) is 0 Å². The maximum Gasteiger partial charge on any atom is -0.00463 e. The van der Waals surface area contributed by atoms with Crippen molar-refractivity contribution in [3.8, 4) is 0 Å². The van der Waals surface area contributed by atoms with Gasteiger partial charge in [-0.1, -0.05) is 52.4 Å². The summed E-state index contributed by atoms with van der Waals surface area (Å²) in [6.45, 7) is 7.25. The molecule has 1 N–H and O–H groups in total. The van der Waals surface area contributed by atoms with Gasteiger partial charge in [0.1, 0.15) is 0 Å². The van der Waals surface area contributed by atoms with Gasteiger partial charge in [-0.2, -0.15) is 0 Å². The molecule has 15 heavy (non-hydrogen) atoms. The first-order valence-corrected chi connectivity index (χ1v) is 7.03. The van der Waals surface area contributed by atoms with Gasteiger partial charge in [0.15, 0.2) is 0 Å². The number of hydrogen-bond donors (Lipinski definition) is 1. The number of rotatable bonds is 7. The van der Waals surface area contributed by atoms with Crippen LogP contribution >= 0.6 is 0 Å². The Bertz CT molecular complexity index is 138. The summed E-state index contributed by atoms with van der Waals surface area (Å²) in [5.41, 5.74) is 0. The van der Waals surface area contributed by atoms with Crippen LogP contribution in [-0.4, -0.2) is 13.1 Å². The van der Waals surface area contributed by atoms with Crippen LogP contribution in [0.3, 0.4) is 0 Å². The Morgan fingerprint density at radius 2 is 1.87 bits per heavy atom. The molecule has 1 saturated heterocycles. The summed E-state index contributed by atoms with van der Waals surface area (Å²) in [7, 11) is 0. The summed E-state index contributed by atoms with van der Waals surface area (Å²) in [6.07, 6.45) is 11.5. The number of nitrogens with one attached hydrogen (secondary N) is 1. The fourth-order valence-corrected chi connectivity index (χ4v) is 2.58.